The van der Waals surface area contributed by atoms with Gasteiger partial charge in [0.05, 0.1) is 7.11 Å². The van der Waals surface area contributed by atoms with Crippen LogP contribution in [-0.4, -0.2) is 12.9 Å². The molecule has 0 aromatic heterocycles. The smallest absolute Gasteiger partial charge is 0.160 e. The second-order valence-electron chi connectivity index (χ2n) is 4.09. The molecule has 0 bridgehead atoms. The molecule has 0 aliphatic heterocycles. The van der Waals surface area contributed by atoms with Gasteiger partial charge in [0.25, 0.3) is 0 Å². The maximum Gasteiger partial charge on any atom is 0.160 e. The van der Waals surface area contributed by atoms with Crippen LogP contribution in [0, 0.1) is 5.82 Å². The van der Waals surface area contributed by atoms with Crippen molar-refractivity contribution < 1.29 is 13.9 Å². The molecule has 19 heavy (non-hydrogen) atoms. The standard InChI is InChI=1S/C15H12BrFO2/c1-9(18)12-5-4-11(17)8-13(12)14-7-10(16)3-6-15(14)19-2/h3-8H,1-2H3. The summed E-state index contributed by atoms with van der Waals surface area (Å²) in [4.78, 5) is 11.7. The van der Waals surface area contributed by atoms with Crippen LogP contribution in [-0.2, 0) is 0 Å². The molecular formula is C15H12BrFO2. The van der Waals surface area contributed by atoms with Crippen LogP contribution in [0.2, 0.25) is 0 Å². The van der Waals surface area contributed by atoms with Crippen LogP contribution in [0.1, 0.15) is 17.3 Å². The lowest BCUT2D eigenvalue weighted by atomic mass is 9.96. The van der Waals surface area contributed by atoms with Crippen molar-refractivity contribution in [2.45, 2.75) is 6.92 Å². The number of ether oxygens (including phenoxy) is 1. The van der Waals surface area contributed by atoms with Gasteiger partial charge in [0.1, 0.15) is 11.6 Å². The van der Waals surface area contributed by atoms with E-state index in [2.05, 4.69) is 15.9 Å². The first-order valence-electron chi connectivity index (χ1n) is 5.67. The number of ketones is 1. The summed E-state index contributed by atoms with van der Waals surface area (Å²) in [6, 6.07) is 9.53. The molecule has 2 aromatic carbocycles. The fourth-order valence-corrected chi connectivity index (χ4v) is 2.30. The zero-order chi connectivity index (χ0) is 14.0. The largest absolute Gasteiger partial charge is 0.496 e. The molecule has 0 amide bonds. The number of Topliss-reactive ketones (excluding diaryl/α,β-unsaturated/α-hetero) is 1. The van der Waals surface area contributed by atoms with E-state index in [4.69, 9.17) is 4.74 Å². The number of rotatable bonds is 3. The van der Waals surface area contributed by atoms with Crippen LogP contribution in [0.4, 0.5) is 4.39 Å². The van der Waals surface area contributed by atoms with Gasteiger partial charge in [0.2, 0.25) is 0 Å². The van der Waals surface area contributed by atoms with Gasteiger partial charge < -0.3 is 4.74 Å². The highest BCUT2D eigenvalue weighted by Crippen LogP contribution is 2.35. The van der Waals surface area contributed by atoms with Gasteiger partial charge in [-0.15, -0.1) is 0 Å². The summed E-state index contributed by atoms with van der Waals surface area (Å²) in [5.74, 6) is 0.0929. The van der Waals surface area contributed by atoms with E-state index < -0.39 is 0 Å². The van der Waals surface area contributed by atoms with Crippen LogP contribution in [0.15, 0.2) is 40.9 Å². The molecule has 0 N–H and O–H groups in total. The fraction of sp³-hybridized carbons (Fsp3) is 0.133. The van der Waals surface area contributed by atoms with Crippen molar-refractivity contribution in [3.63, 3.8) is 0 Å². The molecule has 0 heterocycles. The highest BCUT2D eigenvalue weighted by atomic mass is 79.9. The van der Waals surface area contributed by atoms with Gasteiger partial charge in [-0.3, -0.25) is 4.79 Å². The Kier molecular flexibility index (Phi) is 4.00. The summed E-state index contributed by atoms with van der Waals surface area (Å²) >= 11 is 3.37. The first-order chi connectivity index (χ1) is 9.02. The van der Waals surface area contributed by atoms with Gasteiger partial charge in [-0.1, -0.05) is 15.9 Å². The second-order valence-corrected chi connectivity index (χ2v) is 5.01. The Hall–Kier alpha value is -1.68. The number of hydrogen-bond donors (Lipinski definition) is 0. The van der Waals surface area contributed by atoms with Crippen molar-refractivity contribution in [2.24, 2.45) is 0 Å². The summed E-state index contributed by atoms with van der Waals surface area (Å²) in [6.07, 6.45) is 0. The summed E-state index contributed by atoms with van der Waals surface area (Å²) < 4.78 is 19.6. The topological polar surface area (TPSA) is 26.3 Å². The third-order valence-electron chi connectivity index (χ3n) is 2.81. The Balaban J connectivity index is 2.73. The van der Waals surface area contributed by atoms with Crippen LogP contribution in [0.3, 0.4) is 0 Å². The molecule has 0 aliphatic rings. The number of benzene rings is 2. The molecule has 98 valence electrons. The third-order valence-corrected chi connectivity index (χ3v) is 3.31. The van der Waals surface area contributed by atoms with Gasteiger partial charge in [0, 0.05) is 15.6 Å². The van der Waals surface area contributed by atoms with E-state index in [0.29, 0.717) is 22.4 Å². The first-order valence-corrected chi connectivity index (χ1v) is 6.46. The average molecular weight is 323 g/mol. The maximum atomic E-state index is 13.5. The minimum atomic E-state index is -0.387. The minimum Gasteiger partial charge on any atom is -0.496 e. The first kappa shape index (κ1) is 13.7. The van der Waals surface area contributed by atoms with Crippen molar-refractivity contribution in [3.8, 4) is 16.9 Å². The van der Waals surface area contributed by atoms with E-state index in [9.17, 15) is 9.18 Å². The summed E-state index contributed by atoms with van der Waals surface area (Å²) in [5, 5.41) is 0. The second kappa shape index (κ2) is 5.53. The van der Waals surface area contributed by atoms with Crippen LogP contribution >= 0.6 is 15.9 Å². The average Bonchev–Trinajstić information content (AvgIpc) is 2.38. The maximum absolute atomic E-state index is 13.5. The number of carbonyl (C=O) groups excluding carboxylic acids is 1. The Morgan fingerprint density at radius 1 is 1.16 bits per heavy atom. The van der Waals surface area contributed by atoms with Crippen molar-refractivity contribution in [1.29, 1.82) is 0 Å². The minimum absolute atomic E-state index is 0.114. The van der Waals surface area contributed by atoms with Gasteiger partial charge in [-0.2, -0.15) is 0 Å². The van der Waals surface area contributed by atoms with Crippen molar-refractivity contribution in [3.05, 3.63) is 52.3 Å². The Morgan fingerprint density at radius 3 is 2.53 bits per heavy atom. The van der Waals surface area contributed by atoms with Gasteiger partial charge >= 0.3 is 0 Å². The lowest BCUT2D eigenvalue weighted by Gasteiger charge is -2.12. The van der Waals surface area contributed by atoms with Gasteiger partial charge in [-0.25, -0.2) is 4.39 Å². The van der Waals surface area contributed by atoms with E-state index in [1.807, 2.05) is 6.07 Å². The monoisotopic (exact) mass is 322 g/mol. The highest BCUT2D eigenvalue weighted by Gasteiger charge is 2.14. The predicted molar refractivity (Wildman–Crippen MR) is 76.1 cm³/mol. The number of methoxy groups -OCH3 is 1. The molecule has 0 saturated heterocycles. The zero-order valence-electron chi connectivity index (χ0n) is 10.5. The van der Waals surface area contributed by atoms with Crippen molar-refractivity contribution >= 4 is 21.7 Å². The van der Waals surface area contributed by atoms with E-state index in [0.717, 1.165) is 4.47 Å². The molecule has 0 spiro atoms. The summed E-state index contributed by atoms with van der Waals surface area (Å²) in [5.41, 5.74) is 1.69. The fourth-order valence-electron chi connectivity index (χ4n) is 1.94. The lowest BCUT2D eigenvalue weighted by molar-refractivity contribution is 0.101. The van der Waals surface area contributed by atoms with E-state index in [1.54, 1.807) is 19.2 Å². The molecule has 0 radical (unpaired) electrons. The Morgan fingerprint density at radius 2 is 1.89 bits per heavy atom. The Bertz CT molecular complexity index is 638. The zero-order valence-corrected chi connectivity index (χ0v) is 12.1. The van der Waals surface area contributed by atoms with E-state index in [1.165, 1.54) is 25.1 Å². The number of carbonyl (C=O) groups is 1. The summed E-state index contributed by atoms with van der Waals surface area (Å²) in [6.45, 7) is 1.46. The molecule has 0 unspecified atom stereocenters. The van der Waals surface area contributed by atoms with Crippen LogP contribution < -0.4 is 4.74 Å². The molecule has 0 aliphatic carbocycles. The SMILES string of the molecule is COc1ccc(Br)cc1-c1cc(F)ccc1C(C)=O. The molecular weight excluding hydrogens is 311 g/mol. The molecule has 4 heteroatoms. The van der Waals surface area contributed by atoms with Crippen LogP contribution in [0.25, 0.3) is 11.1 Å². The van der Waals surface area contributed by atoms with E-state index in [-0.39, 0.29) is 11.6 Å². The van der Waals surface area contributed by atoms with E-state index >= 15 is 0 Å². The molecule has 0 fully saturated rings. The number of halogens is 2. The molecule has 0 atom stereocenters. The van der Waals surface area contributed by atoms with Gasteiger partial charge in [-0.05, 0) is 48.9 Å². The van der Waals surface area contributed by atoms with Crippen molar-refractivity contribution in [1.82, 2.24) is 0 Å². The highest BCUT2D eigenvalue weighted by molar-refractivity contribution is 9.10. The van der Waals surface area contributed by atoms with Crippen LogP contribution in [0.5, 0.6) is 5.75 Å². The number of hydrogen-bond acceptors (Lipinski definition) is 2. The molecule has 0 saturated carbocycles. The third kappa shape index (κ3) is 2.84. The molecule has 2 aromatic rings. The Labute approximate surface area is 119 Å². The molecule has 2 nitrogen and oxygen atoms in total. The van der Waals surface area contributed by atoms with Gasteiger partial charge in [0.15, 0.2) is 5.78 Å². The summed E-state index contributed by atoms with van der Waals surface area (Å²) in [7, 11) is 1.54. The lowest BCUT2D eigenvalue weighted by Crippen LogP contribution is -1.98. The predicted octanol–water partition coefficient (Wildman–Crippen LogP) is 4.47. The quantitative estimate of drug-likeness (QED) is 0.779. The molecule has 2 rings (SSSR count). The normalized spacial score (nSPS) is 10.3. The van der Waals surface area contributed by atoms with Crippen molar-refractivity contribution in [2.75, 3.05) is 7.11 Å².